The lowest BCUT2D eigenvalue weighted by Gasteiger charge is -2.02. The molecule has 0 amide bonds. The zero-order chi connectivity index (χ0) is 13.4. The van der Waals surface area contributed by atoms with Crippen LogP contribution >= 0.6 is 0 Å². The summed E-state index contributed by atoms with van der Waals surface area (Å²) < 4.78 is 5.14. The van der Waals surface area contributed by atoms with Crippen molar-refractivity contribution in [2.75, 3.05) is 7.11 Å². The molecule has 1 aliphatic rings. The molecule has 0 saturated carbocycles. The molecule has 0 aliphatic heterocycles. The summed E-state index contributed by atoms with van der Waals surface area (Å²) in [5, 5.41) is 0. The van der Waals surface area contributed by atoms with Gasteiger partial charge in [0.15, 0.2) is 0 Å². The largest absolute Gasteiger partial charge is 0.497 e. The number of rotatable bonds is 4. The summed E-state index contributed by atoms with van der Waals surface area (Å²) in [4.78, 5) is 10.4. The molecule has 0 unspecified atom stereocenters. The zero-order valence-corrected chi connectivity index (χ0v) is 11.8. The molecule has 0 heterocycles. The van der Waals surface area contributed by atoms with E-state index in [2.05, 4.69) is 12.1 Å². The average Bonchev–Trinajstić information content (AvgIpc) is 2.86. The highest BCUT2D eigenvalue weighted by Crippen LogP contribution is 2.25. The Morgan fingerprint density at radius 1 is 1.22 bits per heavy atom. The minimum atomic E-state index is 0.377. The predicted octanol–water partition coefficient (Wildman–Crippen LogP) is 3.95. The van der Waals surface area contributed by atoms with Crippen LogP contribution in [0.1, 0.15) is 50.7 Å². The highest BCUT2D eigenvalue weighted by Gasteiger charge is 2.10. The van der Waals surface area contributed by atoms with E-state index in [9.17, 15) is 4.79 Å². The smallest absolute Gasteiger partial charge is 0.132 e. The minimum absolute atomic E-state index is 0.377. The molecule has 1 aromatic carbocycles. The Kier molecular flexibility index (Phi) is 6.48. The molecule has 1 aliphatic carbocycles. The lowest BCUT2D eigenvalue weighted by molar-refractivity contribution is -0.118. The van der Waals surface area contributed by atoms with E-state index in [1.165, 1.54) is 30.4 Å². The van der Waals surface area contributed by atoms with E-state index in [0.717, 1.165) is 18.6 Å². The van der Waals surface area contributed by atoms with E-state index in [-0.39, 0.29) is 0 Å². The van der Waals surface area contributed by atoms with Gasteiger partial charge in [0.05, 0.1) is 7.11 Å². The van der Waals surface area contributed by atoms with E-state index in [1.54, 1.807) is 7.11 Å². The van der Waals surface area contributed by atoms with Gasteiger partial charge in [-0.25, -0.2) is 0 Å². The van der Waals surface area contributed by atoms with Gasteiger partial charge < -0.3 is 4.74 Å². The number of benzene rings is 1. The second-order valence-electron chi connectivity index (χ2n) is 4.63. The van der Waals surface area contributed by atoms with Gasteiger partial charge in [0.2, 0.25) is 0 Å². The van der Waals surface area contributed by atoms with Crippen molar-refractivity contribution in [3.63, 3.8) is 0 Å². The third kappa shape index (κ3) is 4.52. The first-order valence-electron chi connectivity index (χ1n) is 6.88. The molecular weight excluding hydrogens is 224 g/mol. The minimum Gasteiger partial charge on any atom is -0.497 e. The number of methoxy groups -OCH3 is 1. The second-order valence-corrected chi connectivity index (χ2v) is 4.63. The van der Waals surface area contributed by atoms with E-state index in [0.29, 0.717) is 12.2 Å². The predicted molar refractivity (Wildman–Crippen MR) is 75.2 cm³/mol. The molecule has 0 bridgehead atoms. The number of Topliss-reactive ketones (excluding diaryl/α,β-unsaturated/α-hetero) is 1. The molecule has 100 valence electrons. The number of ether oxygens (including phenoxy) is 1. The van der Waals surface area contributed by atoms with Gasteiger partial charge in [0.25, 0.3) is 0 Å². The monoisotopic (exact) mass is 248 g/mol. The number of aryl methyl sites for hydroxylation is 2. The summed E-state index contributed by atoms with van der Waals surface area (Å²) in [6, 6.07) is 6.38. The van der Waals surface area contributed by atoms with Gasteiger partial charge in [-0.3, -0.25) is 4.79 Å². The van der Waals surface area contributed by atoms with Crippen molar-refractivity contribution >= 4 is 5.78 Å². The Hall–Kier alpha value is -1.31. The maximum atomic E-state index is 10.4. The molecule has 1 aromatic rings. The molecule has 0 fully saturated rings. The first-order chi connectivity index (χ1) is 8.71. The normalized spacial score (nSPS) is 12.4. The van der Waals surface area contributed by atoms with Crippen molar-refractivity contribution in [1.82, 2.24) is 0 Å². The fourth-order valence-corrected chi connectivity index (χ4v) is 2.13. The first kappa shape index (κ1) is 14.7. The Balaban J connectivity index is 0.000000203. The summed E-state index contributed by atoms with van der Waals surface area (Å²) in [5.41, 5.74) is 2.98. The van der Waals surface area contributed by atoms with Crippen LogP contribution in [-0.4, -0.2) is 12.9 Å². The van der Waals surface area contributed by atoms with Gasteiger partial charge in [-0.15, -0.1) is 0 Å². The fraction of sp³-hybridized carbons (Fsp3) is 0.562. The van der Waals surface area contributed by atoms with Crippen LogP contribution in [0.2, 0.25) is 0 Å². The van der Waals surface area contributed by atoms with E-state index in [4.69, 9.17) is 4.74 Å². The molecule has 18 heavy (non-hydrogen) atoms. The van der Waals surface area contributed by atoms with Gasteiger partial charge in [0, 0.05) is 12.8 Å². The molecule has 2 heteroatoms. The average molecular weight is 248 g/mol. The van der Waals surface area contributed by atoms with Crippen molar-refractivity contribution in [3.8, 4) is 5.75 Å². The molecule has 0 N–H and O–H groups in total. The van der Waals surface area contributed by atoms with Crippen molar-refractivity contribution < 1.29 is 9.53 Å². The topological polar surface area (TPSA) is 26.3 Å². The van der Waals surface area contributed by atoms with Gasteiger partial charge in [-0.2, -0.15) is 0 Å². The molecule has 0 saturated heterocycles. The molecular formula is C16H24O2. The molecule has 0 spiro atoms. The number of carbonyl (C=O) groups is 1. The van der Waals surface area contributed by atoms with Crippen molar-refractivity contribution in [3.05, 3.63) is 29.3 Å². The summed E-state index contributed by atoms with van der Waals surface area (Å²) in [7, 11) is 1.72. The molecule has 2 rings (SSSR count). The van der Waals surface area contributed by atoms with Crippen LogP contribution in [0.4, 0.5) is 0 Å². The van der Waals surface area contributed by atoms with Crippen molar-refractivity contribution in [2.24, 2.45) is 0 Å². The Labute approximate surface area is 110 Å². The van der Waals surface area contributed by atoms with Crippen molar-refractivity contribution in [2.45, 2.75) is 52.4 Å². The summed E-state index contributed by atoms with van der Waals surface area (Å²) in [6.07, 6.45) is 6.24. The highest BCUT2D eigenvalue weighted by molar-refractivity contribution is 5.77. The lowest BCUT2D eigenvalue weighted by atomic mass is 10.1. The van der Waals surface area contributed by atoms with Gasteiger partial charge in [-0.1, -0.05) is 19.9 Å². The van der Waals surface area contributed by atoms with Crippen LogP contribution in [0, 0.1) is 0 Å². The third-order valence-corrected chi connectivity index (χ3v) is 3.23. The number of carbonyl (C=O) groups excluding carboxylic acids is 1. The maximum absolute atomic E-state index is 10.4. The Morgan fingerprint density at radius 3 is 2.50 bits per heavy atom. The number of ketones is 1. The van der Waals surface area contributed by atoms with E-state index in [1.807, 2.05) is 19.9 Å². The highest BCUT2D eigenvalue weighted by atomic mass is 16.5. The van der Waals surface area contributed by atoms with E-state index < -0.39 is 0 Å². The van der Waals surface area contributed by atoms with Crippen LogP contribution < -0.4 is 4.74 Å². The number of fused-ring (bicyclic) bond motifs is 1. The summed E-state index contributed by atoms with van der Waals surface area (Å²) in [6.45, 7) is 3.92. The van der Waals surface area contributed by atoms with Crippen LogP contribution in [0.5, 0.6) is 5.75 Å². The van der Waals surface area contributed by atoms with Gasteiger partial charge in [-0.05, 0) is 48.9 Å². The Bertz CT molecular complexity index is 383. The molecule has 0 atom stereocenters. The first-order valence-corrected chi connectivity index (χ1v) is 6.88. The molecule has 0 radical (unpaired) electrons. The lowest BCUT2D eigenvalue weighted by Crippen LogP contribution is -1.91. The van der Waals surface area contributed by atoms with Crippen LogP contribution in [0.25, 0.3) is 0 Å². The third-order valence-electron chi connectivity index (χ3n) is 3.23. The second kappa shape index (κ2) is 7.91. The van der Waals surface area contributed by atoms with Crippen LogP contribution in [0.15, 0.2) is 18.2 Å². The fourth-order valence-electron chi connectivity index (χ4n) is 2.13. The number of hydrogen-bond donors (Lipinski definition) is 0. The SMILES string of the molecule is CCCC(=O)CC.COc1ccc2c(c1)CCC2. The summed E-state index contributed by atoms with van der Waals surface area (Å²) in [5.74, 6) is 1.37. The van der Waals surface area contributed by atoms with Gasteiger partial charge >= 0.3 is 0 Å². The van der Waals surface area contributed by atoms with E-state index >= 15 is 0 Å². The maximum Gasteiger partial charge on any atom is 0.132 e. The quantitative estimate of drug-likeness (QED) is 0.806. The summed E-state index contributed by atoms with van der Waals surface area (Å²) >= 11 is 0. The zero-order valence-electron chi connectivity index (χ0n) is 11.8. The van der Waals surface area contributed by atoms with Gasteiger partial charge in [0.1, 0.15) is 11.5 Å². The van der Waals surface area contributed by atoms with Crippen LogP contribution in [0.3, 0.4) is 0 Å². The molecule has 2 nitrogen and oxygen atoms in total. The van der Waals surface area contributed by atoms with Crippen LogP contribution in [-0.2, 0) is 17.6 Å². The standard InChI is InChI=1S/C10H12O.C6H12O/c1-11-10-6-5-8-3-2-4-9(8)7-10;1-3-5-6(7)4-2/h5-7H,2-4H2,1H3;3-5H2,1-2H3. The Morgan fingerprint density at radius 2 is 1.94 bits per heavy atom. The van der Waals surface area contributed by atoms with Crippen molar-refractivity contribution in [1.29, 1.82) is 0 Å². The number of hydrogen-bond acceptors (Lipinski definition) is 2. The molecule has 0 aromatic heterocycles.